The molecule has 1 amide bonds. The molecule has 0 atom stereocenters. The maximum atomic E-state index is 13.0. The number of methoxy groups -OCH3 is 2. The number of carbonyl (C=O) groups is 1. The Labute approximate surface area is 170 Å². The molecule has 1 N–H and O–H groups in total. The van der Waals surface area contributed by atoms with Crippen molar-refractivity contribution >= 4 is 21.6 Å². The molecule has 1 saturated heterocycles. The second kappa shape index (κ2) is 8.42. The first-order valence-electron chi connectivity index (χ1n) is 9.23. The fraction of sp³-hybridized carbons (Fsp3) is 0.474. The number of hydrogen-bond donors (Lipinski definition) is 1. The molecule has 2 aromatic rings. The minimum Gasteiger partial charge on any atom is -0.493 e. The van der Waals surface area contributed by atoms with E-state index in [1.165, 1.54) is 30.7 Å². The molecule has 0 aliphatic carbocycles. The first kappa shape index (κ1) is 21.1. The number of nitrogens with one attached hydrogen (secondary N) is 1. The quantitative estimate of drug-likeness (QED) is 0.759. The van der Waals surface area contributed by atoms with Crippen molar-refractivity contribution in [2.24, 2.45) is 5.92 Å². The van der Waals surface area contributed by atoms with Crippen molar-refractivity contribution in [3.8, 4) is 11.5 Å². The summed E-state index contributed by atoms with van der Waals surface area (Å²) in [6.45, 7) is 4.01. The third-order valence-corrected chi connectivity index (χ3v) is 6.99. The Kier molecular flexibility index (Phi) is 6.13. The molecule has 0 saturated carbocycles. The van der Waals surface area contributed by atoms with Crippen LogP contribution in [0, 0.1) is 19.8 Å². The number of piperidine rings is 1. The van der Waals surface area contributed by atoms with Crippen LogP contribution < -0.4 is 14.8 Å². The molecule has 2 heterocycles. The van der Waals surface area contributed by atoms with Crippen molar-refractivity contribution in [2.75, 3.05) is 32.6 Å². The maximum absolute atomic E-state index is 13.0. The van der Waals surface area contributed by atoms with Crippen LogP contribution in [0.2, 0.25) is 0 Å². The predicted molar refractivity (Wildman–Crippen MR) is 106 cm³/mol. The zero-order valence-corrected chi connectivity index (χ0v) is 17.7. The highest BCUT2D eigenvalue weighted by atomic mass is 32.2. The second-order valence-corrected chi connectivity index (χ2v) is 8.82. The van der Waals surface area contributed by atoms with Crippen LogP contribution in [0.5, 0.6) is 11.5 Å². The van der Waals surface area contributed by atoms with E-state index in [9.17, 15) is 13.2 Å². The lowest BCUT2D eigenvalue weighted by atomic mass is 9.97. The van der Waals surface area contributed by atoms with Crippen molar-refractivity contribution in [1.29, 1.82) is 0 Å². The molecular weight excluding hydrogens is 398 g/mol. The van der Waals surface area contributed by atoms with Crippen LogP contribution in [0.3, 0.4) is 0 Å². The molecule has 158 valence electrons. The summed E-state index contributed by atoms with van der Waals surface area (Å²) in [4.78, 5) is 12.7. The van der Waals surface area contributed by atoms with Gasteiger partial charge in [-0.1, -0.05) is 5.16 Å². The number of anilines is 1. The van der Waals surface area contributed by atoms with Crippen molar-refractivity contribution in [1.82, 2.24) is 9.46 Å². The van der Waals surface area contributed by atoms with Gasteiger partial charge in [0.1, 0.15) is 11.4 Å². The van der Waals surface area contributed by atoms with Gasteiger partial charge in [-0.05, 0) is 38.8 Å². The van der Waals surface area contributed by atoms with Gasteiger partial charge in [0, 0.05) is 25.1 Å². The van der Waals surface area contributed by atoms with E-state index in [2.05, 4.69) is 10.5 Å². The number of sulfonamides is 1. The number of ether oxygens (including phenoxy) is 2. The van der Waals surface area contributed by atoms with Crippen LogP contribution in [0.25, 0.3) is 0 Å². The summed E-state index contributed by atoms with van der Waals surface area (Å²) >= 11 is 0. The van der Waals surface area contributed by atoms with E-state index in [0.29, 0.717) is 41.5 Å². The zero-order chi connectivity index (χ0) is 21.2. The van der Waals surface area contributed by atoms with Gasteiger partial charge in [0.2, 0.25) is 15.9 Å². The fourth-order valence-corrected chi connectivity index (χ4v) is 4.86. The average molecular weight is 423 g/mol. The molecule has 29 heavy (non-hydrogen) atoms. The predicted octanol–water partition coefficient (Wildman–Crippen LogP) is 2.35. The van der Waals surface area contributed by atoms with Crippen LogP contribution in [0.4, 0.5) is 5.69 Å². The molecule has 1 aliphatic heterocycles. The highest BCUT2D eigenvalue weighted by molar-refractivity contribution is 7.89. The van der Waals surface area contributed by atoms with Gasteiger partial charge in [-0.25, -0.2) is 8.42 Å². The Balaban J connectivity index is 1.67. The summed E-state index contributed by atoms with van der Waals surface area (Å²) in [5, 5.41) is 6.67. The SMILES string of the molecule is COc1ccc(S(=O)(=O)N2CCC(C(=O)Nc3c(C)noc3C)CC2)cc1OC. The van der Waals surface area contributed by atoms with E-state index in [1.54, 1.807) is 19.9 Å². The van der Waals surface area contributed by atoms with Crippen molar-refractivity contribution in [3.05, 3.63) is 29.7 Å². The first-order chi connectivity index (χ1) is 13.8. The van der Waals surface area contributed by atoms with E-state index >= 15 is 0 Å². The van der Waals surface area contributed by atoms with E-state index in [4.69, 9.17) is 14.0 Å². The lowest BCUT2D eigenvalue weighted by Gasteiger charge is -2.30. The van der Waals surface area contributed by atoms with Crippen LogP contribution in [0.15, 0.2) is 27.6 Å². The van der Waals surface area contributed by atoms with Crippen LogP contribution in [0.1, 0.15) is 24.3 Å². The third kappa shape index (κ3) is 4.23. The number of carbonyl (C=O) groups excluding carboxylic acids is 1. The fourth-order valence-electron chi connectivity index (χ4n) is 3.37. The summed E-state index contributed by atoms with van der Waals surface area (Å²) in [5.74, 6) is 0.927. The minimum atomic E-state index is -3.69. The third-order valence-electron chi connectivity index (χ3n) is 5.10. The second-order valence-electron chi connectivity index (χ2n) is 6.88. The average Bonchev–Trinajstić information content (AvgIpc) is 3.05. The number of nitrogens with zero attached hydrogens (tertiary/aromatic N) is 2. The smallest absolute Gasteiger partial charge is 0.243 e. The molecule has 10 heteroatoms. The summed E-state index contributed by atoms with van der Waals surface area (Å²) in [6.07, 6.45) is 0.865. The molecular formula is C19H25N3O6S. The largest absolute Gasteiger partial charge is 0.493 e. The molecule has 3 rings (SSSR count). The Morgan fingerprint density at radius 2 is 1.83 bits per heavy atom. The van der Waals surface area contributed by atoms with Gasteiger partial charge in [0.15, 0.2) is 17.3 Å². The van der Waals surface area contributed by atoms with Crippen molar-refractivity contribution in [2.45, 2.75) is 31.6 Å². The Bertz CT molecular complexity index is 974. The molecule has 0 unspecified atom stereocenters. The van der Waals surface area contributed by atoms with E-state index < -0.39 is 10.0 Å². The van der Waals surface area contributed by atoms with Gasteiger partial charge >= 0.3 is 0 Å². The number of rotatable bonds is 6. The van der Waals surface area contributed by atoms with E-state index in [1.807, 2.05) is 0 Å². The Morgan fingerprint density at radius 3 is 2.38 bits per heavy atom. The summed E-state index contributed by atoms with van der Waals surface area (Å²) in [5.41, 5.74) is 1.19. The topological polar surface area (TPSA) is 111 Å². The Hall–Kier alpha value is -2.59. The molecule has 1 fully saturated rings. The number of aryl methyl sites for hydroxylation is 2. The zero-order valence-electron chi connectivity index (χ0n) is 16.9. The van der Waals surface area contributed by atoms with Gasteiger partial charge in [-0.2, -0.15) is 4.31 Å². The first-order valence-corrected chi connectivity index (χ1v) is 10.7. The summed E-state index contributed by atoms with van der Waals surface area (Å²) in [6, 6.07) is 4.51. The lowest BCUT2D eigenvalue weighted by molar-refractivity contribution is -0.120. The minimum absolute atomic E-state index is 0.133. The van der Waals surface area contributed by atoms with Gasteiger partial charge in [0.25, 0.3) is 0 Å². The van der Waals surface area contributed by atoms with Gasteiger partial charge in [-0.15, -0.1) is 0 Å². The summed E-state index contributed by atoms with van der Waals surface area (Å²) in [7, 11) is -0.745. The normalized spacial score (nSPS) is 15.9. The number of hydrogen-bond acceptors (Lipinski definition) is 7. The van der Waals surface area contributed by atoms with Crippen LogP contribution in [-0.2, 0) is 14.8 Å². The molecule has 1 aromatic heterocycles. The van der Waals surface area contributed by atoms with Crippen LogP contribution >= 0.6 is 0 Å². The molecule has 0 spiro atoms. The van der Waals surface area contributed by atoms with Gasteiger partial charge < -0.3 is 19.3 Å². The number of amides is 1. The van der Waals surface area contributed by atoms with Crippen molar-refractivity contribution < 1.29 is 27.2 Å². The lowest BCUT2D eigenvalue weighted by Crippen LogP contribution is -2.41. The molecule has 0 bridgehead atoms. The van der Waals surface area contributed by atoms with E-state index in [0.717, 1.165) is 0 Å². The highest BCUT2D eigenvalue weighted by Crippen LogP contribution is 2.32. The standard InChI is InChI=1S/C19H25N3O6S/c1-12-18(13(2)28-21-12)20-19(23)14-7-9-22(10-8-14)29(24,25)15-5-6-16(26-3)17(11-15)27-4/h5-6,11,14H,7-10H2,1-4H3,(H,20,23). The maximum Gasteiger partial charge on any atom is 0.243 e. The summed E-state index contributed by atoms with van der Waals surface area (Å²) < 4.78 is 42.8. The monoisotopic (exact) mass is 423 g/mol. The van der Waals surface area contributed by atoms with Gasteiger partial charge in [0.05, 0.1) is 19.1 Å². The van der Waals surface area contributed by atoms with Gasteiger partial charge in [-0.3, -0.25) is 4.79 Å². The molecule has 1 aliphatic rings. The van der Waals surface area contributed by atoms with Crippen LogP contribution in [-0.4, -0.2) is 51.1 Å². The Morgan fingerprint density at radius 1 is 1.17 bits per heavy atom. The van der Waals surface area contributed by atoms with E-state index in [-0.39, 0.29) is 29.8 Å². The van der Waals surface area contributed by atoms with Crippen molar-refractivity contribution in [3.63, 3.8) is 0 Å². The highest BCUT2D eigenvalue weighted by Gasteiger charge is 2.33. The number of aromatic nitrogens is 1. The molecule has 9 nitrogen and oxygen atoms in total. The molecule has 1 aromatic carbocycles. The number of benzene rings is 1. The molecule has 0 radical (unpaired) electrons.